The van der Waals surface area contributed by atoms with Gasteiger partial charge in [-0.1, -0.05) is 12.1 Å². The molecule has 0 aliphatic carbocycles. The van der Waals surface area contributed by atoms with Crippen LogP contribution in [0, 0.1) is 28.9 Å². The van der Waals surface area contributed by atoms with Crippen molar-refractivity contribution in [3.8, 4) is 0 Å². The first kappa shape index (κ1) is 13.4. The molecule has 2 fully saturated rings. The Morgan fingerprint density at radius 1 is 1.40 bits per heavy atom. The molecule has 1 aromatic rings. The first-order chi connectivity index (χ1) is 9.43. The van der Waals surface area contributed by atoms with Gasteiger partial charge < -0.3 is 10.2 Å². The smallest absolute Gasteiger partial charge is 0.295 e. The van der Waals surface area contributed by atoms with Crippen molar-refractivity contribution >= 4 is 11.4 Å². The van der Waals surface area contributed by atoms with Crippen molar-refractivity contribution < 1.29 is 4.92 Å². The highest BCUT2D eigenvalue weighted by atomic mass is 16.6. The second-order valence-electron chi connectivity index (χ2n) is 6.49. The molecular weight excluding hydrogens is 254 g/mol. The third kappa shape index (κ3) is 1.80. The van der Waals surface area contributed by atoms with Gasteiger partial charge in [0.2, 0.25) is 0 Å². The number of fused-ring (bicyclic) bond motifs is 1. The van der Waals surface area contributed by atoms with Gasteiger partial charge in [0.05, 0.1) is 4.92 Å². The van der Waals surface area contributed by atoms with Gasteiger partial charge in [-0.2, -0.15) is 0 Å². The van der Waals surface area contributed by atoms with Crippen LogP contribution in [-0.2, 0) is 0 Å². The SMILES string of the molecule is Cc1cccc(N2CC3CNCC3C2(C)C)c1[N+](=O)[O-]. The van der Waals surface area contributed by atoms with Crippen LogP contribution >= 0.6 is 0 Å². The molecule has 2 aliphatic rings. The second-order valence-corrected chi connectivity index (χ2v) is 6.49. The fourth-order valence-electron chi connectivity index (χ4n) is 3.93. The van der Waals surface area contributed by atoms with Gasteiger partial charge in [0, 0.05) is 30.7 Å². The maximum absolute atomic E-state index is 11.4. The molecule has 0 saturated carbocycles. The number of nitrogens with one attached hydrogen (secondary N) is 1. The molecule has 0 bridgehead atoms. The van der Waals surface area contributed by atoms with Crippen LogP contribution in [0.2, 0.25) is 0 Å². The molecule has 0 spiro atoms. The van der Waals surface area contributed by atoms with Gasteiger partial charge in [-0.05, 0) is 38.7 Å². The summed E-state index contributed by atoms with van der Waals surface area (Å²) in [5.74, 6) is 1.15. The van der Waals surface area contributed by atoms with E-state index in [1.807, 2.05) is 25.1 Å². The lowest BCUT2D eigenvalue weighted by atomic mass is 9.84. The molecule has 2 saturated heterocycles. The van der Waals surface area contributed by atoms with E-state index < -0.39 is 0 Å². The van der Waals surface area contributed by atoms with E-state index in [2.05, 4.69) is 24.1 Å². The number of aryl methyl sites for hydroxylation is 1. The third-order valence-corrected chi connectivity index (χ3v) is 5.05. The molecule has 2 aliphatic heterocycles. The van der Waals surface area contributed by atoms with Gasteiger partial charge >= 0.3 is 0 Å². The monoisotopic (exact) mass is 275 g/mol. The normalized spacial score (nSPS) is 27.6. The summed E-state index contributed by atoms with van der Waals surface area (Å²) in [6.45, 7) is 9.15. The second kappa shape index (κ2) is 4.45. The average molecular weight is 275 g/mol. The van der Waals surface area contributed by atoms with Crippen LogP contribution in [0.5, 0.6) is 0 Å². The number of rotatable bonds is 2. The number of anilines is 1. The quantitative estimate of drug-likeness (QED) is 0.665. The summed E-state index contributed by atoms with van der Waals surface area (Å²) in [7, 11) is 0. The minimum absolute atomic E-state index is 0.0489. The van der Waals surface area contributed by atoms with Gasteiger partial charge in [-0.15, -0.1) is 0 Å². The summed E-state index contributed by atoms with van der Waals surface area (Å²) in [5, 5.41) is 14.9. The highest BCUT2D eigenvalue weighted by Crippen LogP contribution is 2.46. The van der Waals surface area contributed by atoms with E-state index in [1.165, 1.54) is 0 Å². The predicted molar refractivity (Wildman–Crippen MR) is 79.1 cm³/mol. The molecule has 1 N–H and O–H groups in total. The van der Waals surface area contributed by atoms with Gasteiger partial charge in [0.15, 0.2) is 0 Å². The Kier molecular flexibility index (Phi) is 2.97. The Morgan fingerprint density at radius 3 is 2.80 bits per heavy atom. The zero-order valence-corrected chi connectivity index (χ0v) is 12.2. The highest BCUT2D eigenvalue weighted by molar-refractivity contribution is 5.68. The van der Waals surface area contributed by atoms with Crippen LogP contribution in [0.4, 0.5) is 11.4 Å². The molecule has 2 atom stereocenters. The first-order valence-electron chi connectivity index (χ1n) is 7.15. The molecule has 2 heterocycles. The van der Waals surface area contributed by atoms with Crippen molar-refractivity contribution in [3.05, 3.63) is 33.9 Å². The predicted octanol–water partition coefficient (Wildman–Crippen LogP) is 2.34. The molecule has 108 valence electrons. The number of nitro benzene ring substituents is 1. The van der Waals surface area contributed by atoms with E-state index in [9.17, 15) is 10.1 Å². The number of nitro groups is 1. The molecule has 5 nitrogen and oxygen atoms in total. The molecule has 0 amide bonds. The third-order valence-electron chi connectivity index (χ3n) is 5.05. The van der Waals surface area contributed by atoms with E-state index in [0.717, 1.165) is 30.9 Å². The van der Waals surface area contributed by atoms with Gasteiger partial charge in [-0.25, -0.2) is 0 Å². The van der Waals surface area contributed by atoms with Crippen LogP contribution in [0.15, 0.2) is 18.2 Å². The Balaban J connectivity index is 2.06. The van der Waals surface area contributed by atoms with Crippen LogP contribution in [0.3, 0.4) is 0 Å². The van der Waals surface area contributed by atoms with Crippen molar-refractivity contribution in [1.29, 1.82) is 0 Å². The summed E-state index contributed by atoms with van der Waals surface area (Å²) in [4.78, 5) is 13.4. The standard InChI is InChI=1S/C15H21N3O2/c1-10-5-4-6-13(14(10)18(19)20)17-9-11-7-16-8-12(11)15(17,2)3/h4-6,11-12,16H,7-9H2,1-3H3. The number of nitrogens with zero attached hydrogens (tertiary/aromatic N) is 2. The molecule has 0 aromatic heterocycles. The average Bonchev–Trinajstić information content (AvgIpc) is 2.91. The number of para-hydroxylation sites is 1. The Hall–Kier alpha value is -1.62. The van der Waals surface area contributed by atoms with Crippen molar-refractivity contribution in [3.63, 3.8) is 0 Å². The van der Waals surface area contributed by atoms with Crippen LogP contribution in [0.1, 0.15) is 19.4 Å². The molecule has 0 radical (unpaired) electrons. The number of hydrogen-bond donors (Lipinski definition) is 1. The van der Waals surface area contributed by atoms with Crippen LogP contribution < -0.4 is 10.2 Å². The minimum Gasteiger partial charge on any atom is -0.360 e. The maximum atomic E-state index is 11.4. The van der Waals surface area contributed by atoms with E-state index in [-0.39, 0.29) is 16.1 Å². The molecule has 1 aromatic carbocycles. The largest absolute Gasteiger partial charge is 0.360 e. The molecule has 2 unspecified atom stereocenters. The summed E-state index contributed by atoms with van der Waals surface area (Å²) >= 11 is 0. The zero-order valence-electron chi connectivity index (χ0n) is 12.2. The molecular formula is C15H21N3O2. The number of hydrogen-bond acceptors (Lipinski definition) is 4. The van der Waals surface area contributed by atoms with Crippen LogP contribution in [-0.4, -0.2) is 30.1 Å². The number of benzene rings is 1. The van der Waals surface area contributed by atoms with Gasteiger partial charge in [0.1, 0.15) is 5.69 Å². The molecule has 5 heteroatoms. The molecule has 3 rings (SSSR count). The fraction of sp³-hybridized carbons (Fsp3) is 0.600. The van der Waals surface area contributed by atoms with Crippen molar-refractivity contribution in [2.24, 2.45) is 11.8 Å². The van der Waals surface area contributed by atoms with E-state index >= 15 is 0 Å². The lowest BCUT2D eigenvalue weighted by Gasteiger charge is -2.37. The fourth-order valence-corrected chi connectivity index (χ4v) is 3.93. The summed E-state index contributed by atoms with van der Waals surface area (Å²) in [5.41, 5.74) is 1.72. The Morgan fingerprint density at radius 2 is 2.15 bits per heavy atom. The zero-order chi connectivity index (χ0) is 14.5. The van der Waals surface area contributed by atoms with Crippen LogP contribution in [0.25, 0.3) is 0 Å². The summed E-state index contributed by atoms with van der Waals surface area (Å²) < 4.78 is 0. The lowest BCUT2D eigenvalue weighted by Crippen LogP contribution is -2.44. The van der Waals surface area contributed by atoms with Crippen molar-refractivity contribution in [1.82, 2.24) is 5.32 Å². The van der Waals surface area contributed by atoms with Crippen molar-refractivity contribution in [2.45, 2.75) is 26.3 Å². The molecule has 20 heavy (non-hydrogen) atoms. The van der Waals surface area contributed by atoms with E-state index in [0.29, 0.717) is 11.8 Å². The summed E-state index contributed by atoms with van der Waals surface area (Å²) in [6, 6.07) is 5.62. The van der Waals surface area contributed by atoms with Gasteiger partial charge in [-0.3, -0.25) is 10.1 Å². The van der Waals surface area contributed by atoms with E-state index in [1.54, 1.807) is 0 Å². The maximum Gasteiger partial charge on any atom is 0.295 e. The summed E-state index contributed by atoms with van der Waals surface area (Å²) in [6.07, 6.45) is 0. The Labute approximate surface area is 119 Å². The van der Waals surface area contributed by atoms with E-state index in [4.69, 9.17) is 0 Å². The minimum atomic E-state index is -0.243. The van der Waals surface area contributed by atoms with Crippen molar-refractivity contribution in [2.75, 3.05) is 24.5 Å². The highest BCUT2D eigenvalue weighted by Gasteiger charge is 2.50. The van der Waals surface area contributed by atoms with Gasteiger partial charge in [0.25, 0.3) is 5.69 Å². The Bertz CT molecular complexity index is 556. The lowest BCUT2D eigenvalue weighted by molar-refractivity contribution is -0.384. The topological polar surface area (TPSA) is 58.4 Å². The first-order valence-corrected chi connectivity index (χ1v) is 7.15.